The van der Waals surface area contributed by atoms with Crippen molar-refractivity contribution in [3.05, 3.63) is 34.9 Å². The number of benzene rings is 1. The quantitative estimate of drug-likeness (QED) is 0.657. The van der Waals surface area contributed by atoms with Gasteiger partial charge in [-0.25, -0.2) is 0 Å². The Balaban J connectivity index is 2.69. The van der Waals surface area contributed by atoms with E-state index in [4.69, 9.17) is 29.2 Å². The second-order valence-electron chi connectivity index (χ2n) is 2.87. The molecule has 0 aromatic heterocycles. The monoisotopic (exact) mass is 208 g/mol. The first-order valence-electron chi connectivity index (χ1n) is 4.12. The lowest BCUT2D eigenvalue weighted by molar-refractivity contribution is 0.592. The van der Waals surface area contributed by atoms with Crippen molar-refractivity contribution in [2.75, 3.05) is 0 Å². The van der Waals surface area contributed by atoms with Crippen LogP contribution in [0.1, 0.15) is 23.6 Å². The van der Waals surface area contributed by atoms with Crippen LogP contribution in [0.3, 0.4) is 0 Å². The molecule has 66 valence electrons. The van der Waals surface area contributed by atoms with Gasteiger partial charge >= 0.3 is 0 Å². The molecule has 0 spiro atoms. The van der Waals surface area contributed by atoms with Crippen molar-refractivity contribution >= 4 is 34.5 Å². The number of thiocarbonyl (C=S) groups is 2. The molecule has 1 heterocycles. The van der Waals surface area contributed by atoms with E-state index in [9.17, 15) is 0 Å². The van der Waals surface area contributed by atoms with Crippen molar-refractivity contribution in [1.29, 1.82) is 0 Å². The molecule has 0 unspecified atom stereocenters. The van der Waals surface area contributed by atoms with Crippen LogP contribution in [0.15, 0.2) is 18.2 Å². The Morgan fingerprint density at radius 3 is 2.69 bits per heavy atom. The van der Waals surface area contributed by atoms with Crippen LogP contribution in [0.4, 0.5) is 0 Å². The summed E-state index contributed by atoms with van der Waals surface area (Å²) in [5.74, 6) is 0. The minimum atomic E-state index is 0.510. The molecule has 1 nitrogen and oxygen atoms in total. The number of rotatable bonds is 1. The Labute approximate surface area is 87.7 Å². The van der Waals surface area contributed by atoms with Gasteiger partial charge in [0.1, 0.15) is 0 Å². The van der Waals surface area contributed by atoms with E-state index in [0.717, 1.165) is 17.5 Å². The average molecular weight is 208 g/mol. The molecule has 0 aliphatic carbocycles. The summed E-state index contributed by atoms with van der Waals surface area (Å²) in [6, 6.07) is 6.00. The summed E-state index contributed by atoms with van der Waals surface area (Å²) in [5.41, 5.74) is 3.20. The molecule has 3 heteroatoms. The van der Waals surface area contributed by atoms with Gasteiger partial charge in [-0.1, -0.05) is 19.1 Å². The molecule has 0 saturated carbocycles. The highest BCUT2D eigenvalue weighted by molar-refractivity contribution is 7.82. The summed E-state index contributed by atoms with van der Waals surface area (Å²) in [4.78, 5) is 0. The van der Waals surface area contributed by atoms with Crippen LogP contribution in [-0.2, 0) is 11.2 Å². The highest BCUT2D eigenvalue weighted by Gasteiger charge is 2.24. The Morgan fingerprint density at radius 2 is 2.00 bits per heavy atom. The van der Waals surface area contributed by atoms with Crippen molar-refractivity contribution in [1.82, 2.24) is 0 Å². The molecule has 0 amide bonds. The van der Waals surface area contributed by atoms with Crippen LogP contribution in [0.5, 0.6) is 0 Å². The first-order valence-corrected chi connectivity index (χ1v) is 4.94. The highest BCUT2D eigenvalue weighted by Crippen LogP contribution is 2.25. The zero-order chi connectivity index (χ0) is 9.42. The molecule has 0 radical (unpaired) electrons. The van der Waals surface area contributed by atoms with Gasteiger partial charge in [0.25, 0.3) is 0 Å². The molecule has 1 aliphatic rings. The van der Waals surface area contributed by atoms with E-state index in [1.807, 2.05) is 12.1 Å². The zero-order valence-electron chi connectivity index (χ0n) is 7.16. The van der Waals surface area contributed by atoms with Gasteiger partial charge in [-0.15, -0.1) is 0 Å². The lowest BCUT2D eigenvalue weighted by Crippen LogP contribution is -1.97. The van der Waals surface area contributed by atoms with E-state index in [1.165, 1.54) is 5.56 Å². The van der Waals surface area contributed by atoms with Crippen molar-refractivity contribution in [3.8, 4) is 0 Å². The standard InChI is InChI=1S/C10H8OS2/c1-2-6-4-3-5-7-8(6)10(13)11-9(7)12/h3-5H,2H2,1H3. The van der Waals surface area contributed by atoms with E-state index in [1.54, 1.807) is 0 Å². The van der Waals surface area contributed by atoms with Crippen LogP contribution in [0, 0.1) is 0 Å². The fourth-order valence-corrected chi connectivity index (χ4v) is 2.13. The van der Waals surface area contributed by atoms with Crippen molar-refractivity contribution in [2.24, 2.45) is 0 Å². The van der Waals surface area contributed by atoms with Gasteiger partial charge in [-0.05, 0) is 42.5 Å². The van der Waals surface area contributed by atoms with E-state index < -0.39 is 0 Å². The molecular formula is C10H8OS2. The molecule has 0 saturated heterocycles. The van der Waals surface area contributed by atoms with Gasteiger partial charge in [-0.2, -0.15) is 0 Å². The van der Waals surface area contributed by atoms with Gasteiger partial charge in [0.15, 0.2) is 10.1 Å². The molecule has 2 rings (SSSR count). The Hall–Kier alpha value is -0.800. The summed E-state index contributed by atoms with van der Waals surface area (Å²) in [5, 5.41) is 1.03. The van der Waals surface area contributed by atoms with Gasteiger partial charge in [0.2, 0.25) is 0 Å². The average Bonchev–Trinajstić information content (AvgIpc) is 2.43. The lowest BCUT2D eigenvalue weighted by atomic mass is 10.0. The van der Waals surface area contributed by atoms with E-state index in [0.29, 0.717) is 10.1 Å². The number of hydrogen-bond acceptors (Lipinski definition) is 3. The number of aryl methyl sites for hydroxylation is 1. The van der Waals surface area contributed by atoms with Crippen LogP contribution in [0.25, 0.3) is 0 Å². The van der Waals surface area contributed by atoms with E-state index in [2.05, 4.69) is 13.0 Å². The van der Waals surface area contributed by atoms with E-state index in [-0.39, 0.29) is 0 Å². The molecule has 0 atom stereocenters. The van der Waals surface area contributed by atoms with Gasteiger partial charge in [0, 0.05) is 11.1 Å². The zero-order valence-corrected chi connectivity index (χ0v) is 8.80. The molecule has 1 aromatic carbocycles. The Kier molecular flexibility index (Phi) is 2.14. The predicted octanol–water partition coefficient (Wildman–Crippen LogP) is 2.63. The van der Waals surface area contributed by atoms with Gasteiger partial charge in [-0.3, -0.25) is 0 Å². The Morgan fingerprint density at radius 1 is 1.23 bits per heavy atom. The molecule has 0 N–H and O–H groups in total. The summed E-state index contributed by atoms with van der Waals surface area (Å²) in [6.07, 6.45) is 0.954. The summed E-state index contributed by atoms with van der Waals surface area (Å²) >= 11 is 10.1. The molecule has 0 fully saturated rings. The number of hydrogen-bond donors (Lipinski definition) is 0. The van der Waals surface area contributed by atoms with Crippen molar-refractivity contribution < 1.29 is 4.74 Å². The van der Waals surface area contributed by atoms with Crippen LogP contribution < -0.4 is 0 Å². The van der Waals surface area contributed by atoms with Crippen LogP contribution in [-0.4, -0.2) is 10.1 Å². The fourth-order valence-electron chi connectivity index (χ4n) is 1.50. The molecule has 13 heavy (non-hydrogen) atoms. The third kappa shape index (κ3) is 1.28. The van der Waals surface area contributed by atoms with Gasteiger partial charge in [0.05, 0.1) is 0 Å². The second kappa shape index (κ2) is 3.16. The van der Waals surface area contributed by atoms with E-state index >= 15 is 0 Å². The highest BCUT2D eigenvalue weighted by atomic mass is 32.1. The largest absolute Gasteiger partial charge is 0.433 e. The first kappa shape index (κ1) is 8.78. The summed E-state index contributed by atoms with van der Waals surface area (Å²) in [7, 11) is 0. The van der Waals surface area contributed by atoms with Crippen LogP contribution in [0.2, 0.25) is 0 Å². The molecule has 1 aromatic rings. The van der Waals surface area contributed by atoms with Crippen molar-refractivity contribution in [2.45, 2.75) is 13.3 Å². The van der Waals surface area contributed by atoms with Gasteiger partial charge < -0.3 is 4.74 Å². The predicted molar refractivity (Wildman–Crippen MR) is 60.3 cm³/mol. The maximum atomic E-state index is 5.24. The first-order chi connectivity index (χ1) is 6.24. The Bertz CT molecular complexity index is 396. The second-order valence-corrected chi connectivity index (χ2v) is 3.61. The smallest absolute Gasteiger partial charge is 0.200 e. The number of fused-ring (bicyclic) bond motifs is 1. The summed E-state index contributed by atoms with van der Waals surface area (Å²) < 4.78 is 5.24. The minimum absolute atomic E-state index is 0.510. The minimum Gasteiger partial charge on any atom is -0.433 e. The maximum absolute atomic E-state index is 5.24. The number of ether oxygens (including phenoxy) is 1. The van der Waals surface area contributed by atoms with Crippen molar-refractivity contribution in [3.63, 3.8) is 0 Å². The topological polar surface area (TPSA) is 9.23 Å². The maximum Gasteiger partial charge on any atom is 0.200 e. The third-order valence-electron chi connectivity index (χ3n) is 2.14. The van der Waals surface area contributed by atoms with Crippen LogP contribution >= 0.6 is 24.4 Å². The fraction of sp³-hybridized carbons (Fsp3) is 0.200. The molecular weight excluding hydrogens is 200 g/mol. The normalized spacial score (nSPS) is 14.2. The molecule has 0 bridgehead atoms. The summed E-state index contributed by atoms with van der Waals surface area (Å²) in [6.45, 7) is 2.10. The third-order valence-corrected chi connectivity index (χ3v) is 2.73. The lowest BCUT2D eigenvalue weighted by Gasteiger charge is -2.01. The SMILES string of the molecule is CCc1cccc2c1C(=S)OC2=S. The molecule has 1 aliphatic heterocycles.